The van der Waals surface area contributed by atoms with Gasteiger partial charge in [0, 0.05) is 41.0 Å². The van der Waals surface area contributed by atoms with Crippen LogP contribution in [0.3, 0.4) is 0 Å². The summed E-state index contributed by atoms with van der Waals surface area (Å²) < 4.78 is 65.1. The van der Waals surface area contributed by atoms with E-state index in [0.29, 0.717) is 39.0 Å². The van der Waals surface area contributed by atoms with Crippen LogP contribution < -0.4 is 10.9 Å². The van der Waals surface area contributed by atoms with Crippen molar-refractivity contribution in [1.82, 2.24) is 8.96 Å². The number of aromatic nitrogens is 2. The number of fused-ring (bicyclic) bond motifs is 1. The molecule has 2 heterocycles. The summed E-state index contributed by atoms with van der Waals surface area (Å²) >= 11 is 0. The lowest BCUT2D eigenvalue weighted by Gasteiger charge is -2.33. The van der Waals surface area contributed by atoms with Gasteiger partial charge in [-0.05, 0) is 85.5 Å². The van der Waals surface area contributed by atoms with Crippen molar-refractivity contribution in [3.8, 4) is 0 Å². The van der Waals surface area contributed by atoms with E-state index < -0.39 is 30.2 Å². The molecule has 0 aliphatic heterocycles. The molecule has 0 saturated heterocycles. The predicted molar refractivity (Wildman–Crippen MR) is 156 cm³/mol. The standard InChI is InChI=1S/C29H28FN3O5S2/c1-19-16-22(10-13-29(19,2)40(37,38)33-15-12-21-11-14-31-28(34)27(21)33)25-17-20(18-39(3,35)36)4-9-26(25)32-24-7-5-23(30)6-8-24/h4-12,14-17,32H,13,18H2,1-3H3,(H,31,34). The summed E-state index contributed by atoms with van der Waals surface area (Å²) in [5, 5.41) is 3.77. The summed E-state index contributed by atoms with van der Waals surface area (Å²) in [7, 11) is -7.37. The molecule has 11 heteroatoms. The molecule has 40 heavy (non-hydrogen) atoms. The van der Waals surface area contributed by atoms with E-state index in [9.17, 15) is 26.0 Å². The number of hydrogen-bond acceptors (Lipinski definition) is 6. The largest absolute Gasteiger partial charge is 0.355 e. The Labute approximate surface area is 231 Å². The molecule has 2 aromatic heterocycles. The van der Waals surface area contributed by atoms with Crippen LogP contribution in [-0.4, -0.2) is 36.8 Å². The average molecular weight is 582 g/mol. The van der Waals surface area contributed by atoms with E-state index in [1.807, 2.05) is 0 Å². The number of H-pyrrole nitrogens is 1. The Kier molecular flexibility index (Phi) is 6.83. The van der Waals surface area contributed by atoms with Crippen molar-refractivity contribution in [2.75, 3.05) is 11.6 Å². The van der Waals surface area contributed by atoms with Gasteiger partial charge in [0.05, 0.1) is 5.75 Å². The number of benzene rings is 2. The zero-order chi connectivity index (χ0) is 28.9. The predicted octanol–water partition coefficient (Wildman–Crippen LogP) is 5.13. The number of sulfone groups is 1. The van der Waals surface area contributed by atoms with Crippen LogP contribution in [0.4, 0.5) is 15.8 Å². The first-order valence-electron chi connectivity index (χ1n) is 12.4. The fraction of sp³-hybridized carbons (Fsp3) is 0.207. The third-order valence-electron chi connectivity index (χ3n) is 7.27. The van der Waals surface area contributed by atoms with Gasteiger partial charge in [0.25, 0.3) is 5.56 Å². The number of allylic oxidation sites excluding steroid dienone is 3. The minimum absolute atomic E-state index is 0.0607. The average Bonchev–Trinajstić information content (AvgIpc) is 3.33. The molecule has 0 bridgehead atoms. The molecule has 2 N–H and O–H groups in total. The molecule has 208 valence electrons. The second kappa shape index (κ2) is 9.90. The SMILES string of the molecule is CC1=CC(c2cc(CS(C)(=O)=O)ccc2Nc2ccc(F)cc2)=CCC1(C)S(=O)(=O)n1ccc2cc[nH]c(=O)c21. The van der Waals surface area contributed by atoms with E-state index in [-0.39, 0.29) is 23.5 Å². The van der Waals surface area contributed by atoms with E-state index >= 15 is 0 Å². The van der Waals surface area contributed by atoms with Crippen LogP contribution in [0.1, 0.15) is 31.4 Å². The molecule has 0 saturated carbocycles. The summed E-state index contributed by atoms with van der Waals surface area (Å²) in [6.07, 6.45) is 7.71. The van der Waals surface area contributed by atoms with E-state index in [1.54, 1.807) is 68.5 Å². The van der Waals surface area contributed by atoms with Crippen LogP contribution in [0, 0.1) is 5.82 Å². The van der Waals surface area contributed by atoms with Crippen molar-refractivity contribution in [1.29, 1.82) is 0 Å². The third kappa shape index (κ3) is 5.02. The van der Waals surface area contributed by atoms with Gasteiger partial charge in [-0.2, -0.15) is 0 Å². The quantitative estimate of drug-likeness (QED) is 0.313. The summed E-state index contributed by atoms with van der Waals surface area (Å²) in [4.78, 5) is 15.1. The van der Waals surface area contributed by atoms with Gasteiger partial charge in [-0.15, -0.1) is 0 Å². The van der Waals surface area contributed by atoms with Crippen molar-refractivity contribution < 1.29 is 21.2 Å². The van der Waals surface area contributed by atoms with Gasteiger partial charge in [0.15, 0.2) is 9.84 Å². The Bertz CT molecular complexity index is 1970. The van der Waals surface area contributed by atoms with Crippen molar-refractivity contribution >= 4 is 47.7 Å². The van der Waals surface area contributed by atoms with Crippen LogP contribution in [-0.2, 0) is 25.6 Å². The zero-order valence-electron chi connectivity index (χ0n) is 22.1. The molecule has 4 aromatic rings. The van der Waals surface area contributed by atoms with Gasteiger partial charge in [0.2, 0.25) is 10.0 Å². The number of hydrogen-bond donors (Lipinski definition) is 2. The molecule has 1 unspecified atom stereocenters. The molecule has 0 radical (unpaired) electrons. The molecular weight excluding hydrogens is 553 g/mol. The zero-order valence-corrected chi connectivity index (χ0v) is 23.7. The summed E-state index contributed by atoms with van der Waals surface area (Å²) in [5.41, 5.74) is 3.36. The highest BCUT2D eigenvalue weighted by molar-refractivity contribution is 7.91. The van der Waals surface area contributed by atoms with E-state index in [4.69, 9.17) is 0 Å². The number of aromatic amines is 1. The van der Waals surface area contributed by atoms with Crippen LogP contribution in [0.2, 0.25) is 0 Å². The van der Waals surface area contributed by atoms with E-state index in [0.717, 1.165) is 10.2 Å². The Morgan fingerprint density at radius 3 is 2.45 bits per heavy atom. The molecule has 1 aliphatic carbocycles. The van der Waals surface area contributed by atoms with Crippen molar-refractivity contribution in [2.24, 2.45) is 0 Å². The first kappa shape index (κ1) is 27.6. The van der Waals surface area contributed by atoms with Gasteiger partial charge in [-0.25, -0.2) is 25.2 Å². The smallest absolute Gasteiger partial charge is 0.273 e. The number of anilines is 2. The second-order valence-corrected chi connectivity index (χ2v) is 14.6. The van der Waals surface area contributed by atoms with Crippen molar-refractivity contribution in [3.05, 3.63) is 112 Å². The van der Waals surface area contributed by atoms with Crippen LogP contribution in [0.5, 0.6) is 0 Å². The Balaban J connectivity index is 1.57. The number of halogens is 1. The van der Waals surface area contributed by atoms with Gasteiger partial charge in [-0.3, -0.25) is 4.79 Å². The lowest BCUT2D eigenvalue weighted by Crippen LogP contribution is -2.41. The highest BCUT2D eigenvalue weighted by Crippen LogP contribution is 2.41. The molecule has 5 rings (SSSR count). The highest BCUT2D eigenvalue weighted by Gasteiger charge is 2.43. The lowest BCUT2D eigenvalue weighted by molar-refractivity contribution is 0.547. The summed E-state index contributed by atoms with van der Waals surface area (Å²) in [5.74, 6) is -0.533. The molecule has 1 atom stereocenters. The highest BCUT2D eigenvalue weighted by atomic mass is 32.2. The monoisotopic (exact) mass is 581 g/mol. The Morgan fingerprint density at radius 2 is 1.77 bits per heavy atom. The second-order valence-electron chi connectivity index (χ2n) is 10.2. The normalized spacial score (nSPS) is 17.9. The third-order valence-corrected chi connectivity index (χ3v) is 10.6. The minimum Gasteiger partial charge on any atom is -0.355 e. The first-order chi connectivity index (χ1) is 18.8. The van der Waals surface area contributed by atoms with Crippen LogP contribution in [0.15, 0.2) is 89.5 Å². The van der Waals surface area contributed by atoms with Gasteiger partial charge in [0.1, 0.15) is 16.1 Å². The Morgan fingerprint density at radius 1 is 1.05 bits per heavy atom. The fourth-order valence-corrected chi connectivity index (χ4v) is 7.54. The number of nitrogens with zero attached hydrogens (tertiary/aromatic N) is 1. The van der Waals surface area contributed by atoms with E-state index in [1.165, 1.54) is 24.5 Å². The number of rotatable bonds is 7. The molecule has 8 nitrogen and oxygen atoms in total. The topological polar surface area (TPSA) is 118 Å². The fourth-order valence-electron chi connectivity index (χ4n) is 4.91. The van der Waals surface area contributed by atoms with Crippen molar-refractivity contribution in [3.63, 3.8) is 0 Å². The molecule has 0 spiro atoms. The van der Waals surface area contributed by atoms with Crippen LogP contribution in [0.25, 0.3) is 16.5 Å². The maximum absolute atomic E-state index is 14.0. The Hall–Kier alpha value is -3.96. The van der Waals surface area contributed by atoms with E-state index in [2.05, 4.69) is 10.3 Å². The van der Waals surface area contributed by atoms with Crippen molar-refractivity contribution in [2.45, 2.75) is 30.8 Å². The molecule has 0 fully saturated rings. The number of nitrogens with one attached hydrogen (secondary N) is 2. The first-order valence-corrected chi connectivity index (χ1v) is 15.9. The maximum Gasteiger partial charge on any atom is 0.273 e. The molecule has 2 aromatic carbocycles. The summed E-state index contributed by atoms with van der Waals surface area (Å²) in [6.45, 7) is 3.36. The number of pyridine rings is 1. The molecular formula is C29H28FN3O5S2. The van der Waals surface area contributed by atoms with Gasteiger partial charge in [-0.1, -0.05) is 18.2 Å². The molecule has 0 amide bonds. The maximum atomic E-state index is 14.0. The van der Waals surface area contributed by atoms with Gasteiger partial charge < -0.3 is 10.3 Å². The lowest BCUT2D eigenvalue weighted by atomic mass is 9.86. The van der Waals surface area contributed by atoms with Crippen LogP contribution >= 0.6 is 0 Å². The van der Waals surface area contributed by atoms with Gasteiger partial charge >= 0.3 is 0 Å². The minimum atomic E-state index is -4.06. The molecule has 1 aliphatic rings. The summed E-state index contributed by atoms with van der Waals surface area (Å²) in [6, 6.07) is 14.3.